The summed E-state index contributed by atoms with van der Waals surface area (Å²) >= 11 is 4.33. The van der Waals surface area contributed by atoms with Crippen LogP contribution in [-0.4, -0.2) is 16.4 Å². The third-order valence-electron chi connectivity index (χ3n) is 1.57. The highest BCUT2D eigenvalue weighted by Gasteiger charge is 2.09. The van der Waals surface area contributed by atoms with E-state index in [0.717, 1.165) is 0 Å². The molecule has 0 saturated heterocycles. The van der Waals surface area contributed by atoms with Crippen LogP contribution < -0.4 is 0 Å². The second kappa shape index (κ2) is 4.18. The fourth-order valence-corrected chi connectivity index (χ4v) is 0.859. The number of nitrogens with zero attached hydrogens (tertiary/aromatic N) is 1. The molecule has 0 rings (SSSR count). The van der Waals surface area contributed by atoms with Crippen LogP contribution in [0, 0.1) is 0 Å². The van der Waals surface area contributed by atoms with Crippen LogP contribution in [0.5, 0.6) is 0 Å². The first-order chi connectivity index (χ1) is 4.09. The van der Waals surface area contributed by atoms with Crippen LogP contribution in [0.15, 0.2) is 0 Å². The van der Waals surface area contributed by atoms with Crippen LogP contribution in [0.3, 0.4) is 0 Å². The summed E-state index contributed by atoms with van der Waals surface area (Å²) in [6.07, 6.45) is 1.17. The molecule has 0 amide bonds. The summed E-state index contributed by atoms with van der Waals surface area (Å²) in [6.45, 7) is 8.67. The van der Waals surface area contributed by atoms with Crippen molar-refractivity contribution < 1.29 is 0 Å². The molecule has 0 aromatic heterocycles. The molecule has 56 valence electrons. The molecule has 0 aliphatic rings. The van der Waals surface area contributed by atoms with Gasteiger partial charge in [-0.25, -0.2) is 4.31 Å². The fraction of sp³-hybridized carbons (Fsp3) is 1.00. The zero-order chi connectivity index (χ0) is 7.44. The van der Waals surface area contributed by atoms with Crippen molar-refractivity contribution in [3.8, 4) is 0 Å². The van der Waals surface area contributed by atoms with Crippen molar-refractivity contribution in [1.29, 1.82) is 0 Å². The normalized spacial score (nSPS) is 15.0. The van der Waals surface area contributed by atoms with Gasteiger partial charge in [-0.15, -0.1) is 0 Å². The minimum absolute atomic E-state index is 0.545. The van der Waals surface area contributed by atoms with Gasteiger partial charge in [0, 0.05) is 12.1 Å². The van der Waals surface area contributed by atoms with Crippen molar-refractivity contribution in [2.24, 2.45) is 0 Å². The van der Waals surface area contributed by atoms with E-state index in [1.807, 2.05) is 0 Å². The summed E-state index contributed by atoms with van der Waals surface area (Å²) in [4.78, 5) is 0. The molecule has 9 heavy (non-hydrogen) atoms. The van der Waals surface area contributed by atoms with E-state index in [4.69, 9.17) is 0 Å². The van der Waals surface area contributed by atoms with Crippen molar-refractivity contribution in [2.75, 3.05) is 0 Å². The summed E-state index contributed by atoms with van der Waals surface area (Å²) in [7, 11) is 0. The molecule has 0 aromatic carbocycles. The molecule has 1 unspecified atom stereocenters. The van der Waals surface area contributed by atoms with Crippen LogP contribution in [0.4, 0.5) is 0 Å². The van der Waals surface area contributed by atoms with Crippen molar-refractivity contribution >= 4 is 12.8 Å². The van der Waals surface area contributed by atoms with Gasteiger partial charge >= 0.3 is 0 Å². The van der Waals surface area contributed by atoms with E-state index in [1.165, 1.54) is 6.42 Å². The first kappa shape index (κ1) is 9.31. The molecule has 0 aromatic rings. The molecule has 0 radical (unpaired) electrons. The van der Waals surface area contributed by atoms with Crippen LogP contribution in [-0.2, 0) is 0 Å². The molecular weight excluding hydrogens is 130 g/mol. The Hall–Kier alpha value is 0.310. The van der Waals surface area contributed by atoms with Gasteiger partial charge in [0.15, 0.2) is 0 Å². The Morgan fingerprint density at radius 1 is 1.33 bits per heavy atom. The van der Waals surface area contributed by atoms with Crippen LogP contribution in [0.1, 0.15) is 34.1 Å². The lowest BCUT2D eigenvalue weighted by atomic mass is 10.2. The number of rotatable bonds is 3. The molecule has 0 aliphatic heterocycles. The van der Waals surface area contributed by atoms with E-state index in [-0.39, 0.29) is 0 Å². The zero-order valence-corrected chi connectivity index (χ0v) is 7.65. The molecule has 0 N–H and O–H groups in total. The third-order valence-corrected chi connectivity index (χ3v) is 2.43. The third kappa shape index (κ3) is 3.11. The van der Waals surface area contributed by atoms with Gasteiger partial charge in [0.05, 0.1) is 0 Å². The summed E-state index contributed by atoms with van der Waals surface area (Å²) in [5.74, 6) is 0. The predicted octanol–water partition coefficient (Wildman–Crippen LogP) is 2.34. The van der Waals surface area contributed by atoms with E-state index in [9.17, 15) is 0 Å². The van der Waals surface area contributed by atoms with E-state index in [2.05, 4.69) is 44.8 Å². The SMILES string of the molecule is CCC(C)N(S)C(C)C. The van der Waals surface area contributed by atoms with E-state index >= 15 is 0 Å². The monoisotopic (exact) mass is 147 g/mol. The molecule has 0 fully saturated rings. The van der Waals surface area contributed by atoms with Crippen molar-refractivity contribution in [3.05, 3.63) is 0 Å². The first-order valence-electron chi connectivity index (χ1n) is 3.56. The van der Waals surface area contributed by atoms with Gasteiger partial charge < -0.3 is 0 Å². The standard InChI is InChI=1S/C7H17NS/c1-5-7(4)8(9)6(2)3/h6-7,9H,5H2,1-4H3. The van der Waals surface area contributed by atoms with Gasteiger partial charge in [-0.3, -0.25) is 0 Å². The average molecular weight is 147 g/mol. The minimum atomic E-state index is 0.545. The molecule has 0 heterocycles. The van der Waals surface area contributed by atoms with Gasteiger partial charge in [-0.05, 0) is 27.2 Å². The molecule has 1 atom stereocenters. The van der Waals surface area contributed by atoms with Gasteiger partial charge in [0.2, 0.25) is 0 Å². The topological polar surface area (TPSA) is 3.24 Å². The van der Waals surface area contributed by atoms with Crippen LogP contribution in [0.25, 0.3) is 0 Å². The molecule has 0 bridgehead atoms. The maximum atomic E-state index is 4.33. The summed E-state index contributed by atoms with van der Waals surface area (Å²) in [5.41, 5.74) is 0. The molecule has 0 saturated carbocycles. The second-order valence-electron chi connectivity index (χ2n) is 2.73. The highest BCUT2D eigenvalue weighted by atomic mass is 32.1. The van der Waals surface area contributed by atoms with E-state index < -0.39 is 0 Å². The summed E-state index contributed by atoms with van der Waals surface area (Å²) in [5, 5.41) is 0. The minimum Gasteiger partial charge on any atom is -0.248 e. The largest absolute Gasteiger partial charge is 0.248 e. The van der Waals surface area contributed by atoms with Crippen molar-refractivity contribution in [2.45, 2.75) is 46.2 Å². The Labute approximate surface area is 64.0 Å². The lowest BCUT2D eigenvalue weighted by Gasteiger charge is -2.25. The highest BCUT2D eigenvalue weighted by molar-refractivity contribution is 7.77. The Bertz CT molecular complexity index is 73.3. The lowest BCUT2D eigenvalue weighted by molar-refractivity contribution is 0.315. The van der Waals surface area contributed by atoms with E-state index in [0.29, 0.717) is 12.1 Å². The van der Waals surface area contributed by atoms with Gasteiger partial charge in [0.1, 0.15) is 0 Å². The number of hydrogen-bond donors (Lipinski definition) is 1. The predicted molar refractivity (Wildman–Crippen MR) is 45.7 cm³/mol. The Morgan fingerprint density at radius 3 is 1.89 bits per heavy atom. The Kier molecular flexibility index (Phi) is 4.32. The molecular formula is C7H17NS. The fourth-order valence-electron chi connectivity index (χ4n) is 0.696. The Balaban J connectivity index is 3.58. The lowest BCUT2D eigenvalue weighted by Crippen LogP contribution is -2.29. The number of hydrogen-bond acceptors (Lipinski definition) is 2. The first-order valence-corrected chi connectivity index (χ1v) is 3.96. The van der Waals surface area contributed by atoms with Gasteiger partial charge in [-0.2, -0.15) is 0 Å². The van der Waals surface area contributed by atoms with Crippen LogP contribution in [0.2, 0.25) is 0 Å². The Morgan fingerprint density at radius 2 is 1.78 bits per heavy atom. The second-order valence-corrected chi connectivity index (χ2v) is 3.19. The molecule has 2 heteroatoms. The summed E-state index contributed by atoms with van der Waals surface area (Å²) < 4.78 is 2.08. The van der Waals surface area contributed by atoms with Gasteiger partial charge in [-0.1, -0.05) is 19.7 Å². The highest BCUT2D eigenvalue weighted by Crippen LogP contribution is 2.09. The number of thiol groups is 1. The van der Waals surface area contributed by atoms with Crippen molar-refractivity contribution in [1.82, 2.24) is 4.31 Å². The van der Waals surface area contributed by atoms with Gasteiger partial charge in [0.25, 0.3) is 0 Å². The van der Waals surface area contributed by atoms with Crippen LogP contribution >= 0.6 is 12.8 Å². The summed E-state index contributed by atoms with van der Waals surface area (Å²) in [6, 6.07) is 1.14. The molecule has 0 aliphatic carbocycles. The zero-order valence-electron chi connectivity index (χ0n) is 6.76. The van der Waals surface area contributed by atoms with Crippen molar-refractivity contribution in [3.63, 3.8) is 0 Å². The molecule has 1 nitrogen and oxygen atoms in total. The smallest absolute Gasteiger partial charge is 0.0172 e. The van der Waals surface area contributed by atoms with E-state index in [1.54, 1.807) is 0 Å². The molecule has 0 spiro atoms. The quantitative estimate of drug-likeness (QED) is 0.600. The average Bonchev–Trinajstić information content (AvgIpc) is 1.84. The maximum Gasteiger partial charge on any atom is 0.0172 e. The maximum absolute atomic E-state index is 4.33.